The summed E-state index contributed by atoms with van der Waals surface area (Å²) in [5.41, 5.74) is 0. The molecular weight excluding hydrogens is 258 g/mol. The first kappa shape index (κ1) is 12.2. The number of rotatable bonds is 5. The summed E-state index contributed by atoms with van der Waals surface area (Å²) < 4.78 is 1.19. The predicted octanol–water partition coefficient (Wildman–Crippen LogP) is 4.03. The normalized spacial score (nSPS) is 15.4. The lowest BCUT2D eigenvalue weighted by Crippen LogP contribution is -2.30. The molecule has 2 atom stereocenters. The second-order valence-corrected chi connectivity index (χ2v) is 5.70. The SMILES string of the molecule is CC[C@H](C)[C@@H](C)NCc1cc(Br)cs1. The summed E-state index contributed by atoms with van der Waals surface area (Å²) in [6, 6.07) is 2.78. The zero-order valence-corrected chi connectivity index (χ0v) is 11.4. The van der Waals surface area contributed by atoms with Crippen LogP contribution < -0.4 is 5.32 Å². The molecule has 1 aromatic heterocycles. The van der Waals surface area contributed by atoms with Crippen LogP contribution >= 0.6 is 27.3 Å². The molecule has 1 aromatic rings. The van der Waals surface area contributed by atoms with E-state index < -0.39 is 0 Å². The average molecular weight is 276 g/mol. The van der Waals surface area contributed by atoms with Gasteiger partial charge in [-0.15, -0.1) is 11.3 Å². The summed E-state index contributed by atoms with van der Waals surface area (Å²) in [7, 11) is 0. The van der Waals surface area contributed by atoms with Crippen molar-refractivity contribution < 1.29 is 0 Å². The fraction of sp³-hybridized carbons (Fsp3) is 0.636. The molecule has 0 unspecified atom stereocenters. The molecule has 1 nitrogen and oxygen atoms in total. The van der Waals surface area contributed by atoms with Crippen LogP contribution in [0.25, 0.3) is 0 Å². The van der Waals surface area contributed by atoms with Crippen molar-refractivity contribution in [2.24, 2.45) is 5.92 Å². The zero-order valence-electron chi connectivity index (χ0n) is 9.01. The maximum atomic E-state index is 3.55. The molecule has 1 heterocycles. The van der Waals surface area contributed by atoms with E-state index >= 15 is 0 Å². The Bertz CT molecular complexity index is 272. The van der Waals surface area contributed by atoms with Crippen LogP contribution in [-0.2, 0) is 6.54 Å². The largest absolute Gasteiger partial charge is 0.309 e. The lowest BCUT2D eigenvalue weighted by atomic mass is 10.0. The van der Waals surface area contributed by atoms with Crippen LogP contribution in [0.4, 0.5) is 0 Å². The van der Waals surface area contributed by atoms with Crippen molar-refractivity contribution in [3.63, 3.8) is 0 Å². The third-order valence-corrected chi connectivity index (χ3v) is 4.42. The van der Waals surface area contributed by atoms with Gasteiger partial charge in [0.25, 0.3) is 0 Å². The van der Waals surface area contributed by atoms with Gasteiger partial charge < -0.3 is 5.32 Å². The zero-order chi connectivity index (χ0) is 10.6. The number of nitrogens with one attached hydrogen (secondary N) is 1. The number of halogens is 1. The summed E-state index contributed by atoms with van der Waals surface area (Å²) in [6.07, 6.45) is 1.24. The molecule has 14 heavy (non-hydrogen) atoms. The molecule has 1 rings (SSSR count). The third-order valence-electron chi connectivity index (χ3n) is 2.72. The molecule has 1 N–H and O–H groups in total. The first-order valence-electron chi connectivity index (χ1n) is 5.09. The van der Waals surface area contributed by atoms with Gasteiger partial charge in [0.05, 0.1) is 0 Å². The third kappa shape index (κ3) is 3.71. The summed E-state index contributed by atoms with van der Waals surface area (Å²) in [5, 5.41) is 5.68. The minimum atomic E-state index is 0.598. The van der Waals surface area contributed by atoms with Gasteiger partial charge in [0.2, 0.25) is 0 Å². The highest BCUT2D eigenvalue weighted by molar-refractivity contribution is 9.10. The second-order valence-electron chi connectivity index (χ2n) is 3.79. The highest BCUT2D eigenvalue weighted by atomic mass is 79.9. The van der Waals surface area contributed by atoms with Gasteiger partial charge in [-0.3, -0.25) is 0 Å². The van der Waals surface area contributed by atoms with E-state index in [-0.39, 0.29) is 0 Å². The van der Waals surface area contributed by atoms with Crippen molar-refractivity contribution in [3.8, 4) is 0 Å². The van der Waals surface area contributed by atoms with E-state index in [9.17, 15) is 0 Å². The first-order chi connectivity index (χ1) is 6.63. The molecule has 80 valence electrons. The fourth-order valence-corrected chi connectivity index (χ4v) is 2.66. The lowest BCUT2D eigenvalue weighted by Gasteiger charge is -2.19. The van der Waals surface area contributed by atoms with Gasteiger partial charge in [0.1, 0.15) is 0 Å². The minimum absolute atomic E-state index is 0.598. The van der Waals surface area contributed by atoms with Crippen LogP contribution in [0.1, 0.15) is 32.1 Å². The topological polar surface area (TPSA) is 12.0 Å². The molecule has 0 aliphatic rings. The maximum Gasteiger partial charge on any atom is 0.0302 e. The van der Waals surface area contributed by atoms with E-state index in [0.717, 1.165) is 12.5 Å². The van der Waals surface area contributed by atoms with E-state index in [2.05, 4.69) is 53.5 Å². The predicted molar refractivity (Wildman–Crippen MR) is 67.8 cm³/mol. The quantitative estimate of drug-likeness (QED) is 0.856. The van der Waals surface area contributed by atoms with Crippen molar-refractivity contribution in [3.05, 3.63) is 20.8 Å². The van der Waals surface area contributed by atoms with Crippen molar-refractivity contribution in [2.45, 2.75) is 39.8 Å². The van der Waals surface area contributed by atoms with Gasteiger partial charge >= 0.3 is 0 Å². The van der Waals surface area contributed by atoms with Crippen LogP contribution in [0.5, 0.6) is 0 Å². The Morgan fingerprint density at radius 1 is 1.50 bits per heavy atom. The molecule has 0 fully saturated rings. The van der Waals surface area contributed by atoms with Gasteiger partial charge in [-0.1, -0.05) is 20.3 Å². The Morgan fingerprint density at radius 3 is 2.71 bits per heavy atom. The van der Waals surface area contributed by atoms with Crippen molar-refractivity contribution in [2.75, 3.05) is 0 Å². The summed E-state index contributed by atoms with van der Waals surface area (Å²) in [5.74, 6) is 0.749. The molecule has 0 spiro atoms. The molecule has 0 saturated carbocycles. The Balaban J connectivity index is 2.33. The van der Waals surface area contributed by atoms with E-state index in [1.54, 1.807) is 11.3 Å². The second kappa shape index (κ2) is 5.89. The number of hydrogen-bond donors (Lipinski definition) is 1. The van der Waals surface area contributed by atoms with Gasteiger partial charge in [0, 0.05) is 27.3 Å². The first-order valence-corrected chi connectivity index (χ1v) is 6.77. The Hall–Kier alpha value is 0.140. The molecule has 0 bridgehead atoms. The van der Waals surface area contributed by atoms with Crippen LogP contribution in [0.3, 0.4) is 0 Å². The van der Waals surface area contributed by atoms with Gasteiger partial charge in [0.15, 0.2) is 0 Å². The van der Waals surface area contributed by atoms with Crippen molar-refractivity contribution in [1.82, 2.24) is 5.32 Å². The molecule has 0 aliphatic heterocycles. The van der Waals surface area contributed by atoms with Crippen molar-refractivity contribution in [1.29, 1.82) is 0 Å². The highest BCUT2D eigenvalue weighted by Gasteiger charge is 2.09. The van der Waals surface area contributed by atoms with Gasteiger partial charge in [-0.25, -0.2) is 0 Å². The molecule has 0 aliphatic carbocycles. The maximum absolute atomic E-state index is 3.55. The molecule has 0 radical (unpaired) electrons. The van der Waals surface area contributed by atoms with Crippen molar-refractivity contribution >= 4 is 27.3 Å². The minimum Gasteiger partial charge on any atom is -0.309 e. The molecule has 0 saturated heterocycles. The van der Waals surface area contributed by atoms with E-state index in [1.807, 2.05) is 0 Å². The fourth-order valence-electron chi connectivity index (χ4n) is 1.26. The molecule has 0 aromatic carbocycles. The Labute approximate surface area is 99.0 Å². The number of thiophene rings is 1. The number of hydrogen-bond acceptors (Lipinski definition) is 2. The van der Waals surface area contributed by atoms with Gasteiger partial charge in [-0.05, 0) is 34.8 Å². The average Bonchev–Trinajstić information content (AvgIpc) is 2.59. The monoisotopic (exact) mass is 275 g/mol. The lowest BCUT2D eigenvalue weighted by molar-refractivity contribution is 0.390. The van der Waals surface area contributed by atoms with E-state index in [0.29, 0.717) is 6.04 Å². The van der Waals surface area contributed by atoms with Crippen LogP contribution in [-0.4, -0.2) is 6.04 Å². The van der Waals surface area contributed by atoms with E-state index in [1.165, 1.54) is 15.8 Å². The Kier molecular flexibility index (Phi) is 5.13. The highest BCUT2D eigenvalue weighted by Crippen LogP contribution is 2.19. The van der Waals surface area contributed by atoms with Crippen LogP contribution in [0.2, 0.25) is 0 Å². The van der Waals surface area contributed by atoms with Crippen LogP contribution in [0.15, 0.2) is 15.9 Å². The van der Waals surface area contributed by atoms with E-state index in [4.69, 9.17) is 0 Å². The smallest absolute Gasteiger partial charge is 0.0302 e. The molecule has 3 heteroatoms. The summed E-state index contributed by atoms with van der Waals surface area (Å²) in [6.45, 7) is 7.78. The molecular formula is C11H18BrNS. The standard InChI is InChI=1S/C11H18BrNS/c1-4-8(2)9(3)13-6-11-5-10(12)7-14-11/h5,7-9,13H,4,6H2,1-3H3/t8-,9+/m0/s1. The summed E-state index contributed by atoms with van der Waals surface area (Å²) >= 11 is 5.27. The van der Waals surface area contributed by atoms with Gasteiger partial charge in [-0.2, -0.15) is 0 Å². The molecule has 0 amide bonds. The summed E-state index contributed by atoms with van der Waals surface area (Å²) in [4.78, 5) is 1.40. The van der Waals surface area contributed by atoms with Crippen LogP contribution in [0, 0.1) is 5.92 Å². The Morgan fingerprint density at radius 2 is 2.21 bits per heavy atom.